The molecule has 3 aromatic carbocycles. The van der Waals surface area contributed by atoms with Crippen LogP contribution < -0.4 is 9.62 Å². The Bertz CT molecular complexity index is 1400. The first kappa shape index (κ1) is 30.8. The average molecular weight is 568 g/mol. The number of rotatable bonds is 13. The number of hydrogen-bond acceptors (Lipinski definition) is 4. The molecule has 40 heavy (non-hydrogen) atoms. The molecule has 0 saturated heterocycles. The predicted molar refractivity (Wildman–Crippen MR) is 157 cm³/mol. The van der Waals surface area contributed by atoms with Gasteiger partial charge in [0.05, 0.1) is 11.9 Å². The van der Waals surface area contributed by atoms with Gasteiger partial charge < -0.3 is 10.2 Å². The van der Waals surface area contributed by atoms with E-state index in [0.717, 1.165) is 27.3 Å². The number of benzene rings is 3. The summed E-state index contributed by atoms with van der Waals surface area (Å²) < 4.78 is 40.4. The Morgan fingerprint density at radius 3 is 2.20 bits per heavy atom. The van der Waals surface area contributed by atoms with Crippen LogP contribution >= 0.6 is 0 Å². The molecule has 0 aliphatic carbocycles. The van der Waals surface area contributed by atoms with Crippen molar-refractivity contribution in [2.24, 2.45) is 0 Å². The first-order valence-corrected chi connectivity index (χ1v) is 15.2. The monoisotopic (exact) mass is 567 g/mol. The third-order valence-electron chi connectivity index (χ3n) is 6.41. The number of hydrogen-bond donors (Lipinski definition) is 1. The van der Waals surface area contributed by atoms with E-state index >= 15 is 0 Å². The summed E-state index contributed by atoms with van der Waals surface area (Å²) in [5.41, 5.74) is 2.77. The highest BCUT2D eigenvalue weighted by Gasteiger charge is 2.31. The van der Waals surface area contributed by atoms with E-state index in [4.69, 9.17) is 0 Å². The molecule has 0 heterocycles. The first-order chi connectivity index (χ1) is 19.0. The van der Waals surface area contributed by atoms with Gasteiger partial charge >= 0.3 is 0 Å². The largest absolute Gasteiger partial charge is 0.352 e. The van der Waals surface area contributed by atoms with Crippen molar-refractivity contribution >= 4 is 27.5 Å². The standard InChI is InChI=1S/C31H38FN3O4S/c1-23(2)33-31(37)29(21-25-13-6-5-7-14-25)34(22-26-15-10-12-24(3)20-26)30(36)18-11-19-35(40(4,38)39)28-17-9-8-16-27(28)32/h5-10,12-17,20,23,29H,11,18-19,21-22H2,1-4H3,(H,33,37)/t29-/m1/s1. The van der Waals surface area contributed by atoms with Crippen molar-refractivity contribution in [3.8, 4) is 0 Å². The Labute approximate surface area is 237 Å². The minimum absolute atomic E-state index is 0.0213. The number of nitrogens with one attached hydrogen (secondary N) is 1. The zero-order valence-electron chi connectivity index (χ0n) is 23.5. The predicted octanol–water partition coefficient (Wildman–Crippen LogP) is 4.85. The molecule has 0 aliphatic heterocycles. The van der Waals surface area contributed by atoms with E-state index in [9.17, 15) is 22.4 Å². The molecule has 1 atom stereocenters. The van der Waals surface area contributed by atoms with Gasteiger partial charge in [0.1, 0.15) is 11.9 Å². The lowest BCUT2D eigenvalue weighted by Gasteiger charge is -2.32. The number of carbonyl (C=O) groups is 2. The normalized spacial score (nSPS) is 12.2. The summed E-state index contributed by atoms with van der Waals surface area (Å²) in [5, 5.41) is 2.96. The van der Waals surface area contributed by atoms with Gasteiger partial charge in [0.25, 0.3) is 0 Å². The molecule has 2 amide bonds. The van der Waals surface area contributed by atoms with Gasteiger partial charge in [-0.1, -0.05) is 72.3 Å². The van der Waals surface area contributed by atoms with Gasteiger partial charge in [0, 0.05) is 32.0 Å². The lowest BCUT2D eigenvalue weighted by atomic mass is 10.0. The van der Waals surface area contributed by atoms with Crippen LogP contribution in [0.1, 0.15) is 43.4 Å². The highest BCUT2D eigenvalue weighted by molar-refractivity contribution is 7.92. The van der Waals surface area contributed by atoms with Gasteiger partial charge in [0.2, 0.25) is 21.8 Å². The molecule has 3 aromatic rings. The summed E-state index contributed by atoms with van der Waals surface area (Å²) in [7, 11) is -3.79. The Balaban J connectivity index is 1.89. The number of carbonyl (C=O) groups excluding carboxylic acids is 2. The fourth-order valence-corrected chi connectivity index (χ4v) is 5.54. The average Bonchev–Trinajstić information content (AvgIpc) is 2.88. The number of aryl methyl sites for hydroxylation is 1. The second-order valence-corrected chi connectivity index (χ2v) is 12.2. The molecule has 0 radical (unpaired) electrons. The molecular weight excluding hydrogens is 529 g/mol. The molecule has 3 rings (SSSR count). The molecular formula is C31H38FN3O4S. The van der Waals surface area contributed by atoms with Gasteiger partial charge in [-0.25, -0.2) is 12.8 Å². The van der Waals surface area contributed by atoms with Gasteiger partial charge in [-0.3, -0.25) is 13.9 Å². The fourth-order valence-electron chi connectivity index (χ4n) is 4.58. The van der Waals surface area contributed by atoms with E-state index < -0.39 is 21.9 Å². The summed E-state index contributed by atoms with van der Waals surface area (Å²) in [6, 6.07) is 22.0. The number of nitrogens with zero attached hydrogens (tertiary/aromatic N) is 2. The smallest absolute Gasteiger partial charge is 0.243 e. The van der Waals surface area contributed by atoms with Crippen LogP contribution in [0.15, 0.2) is 78.9 Å². The summed E-state index contributed by atoms with van der Waals surface area (Å²) in [4.78, 5) is 28.8. The van der Waals surface area contributed by atoms with Crippen molar-refractivity contribution in [1.29, 1.82) is 0 Å². The molecule has 7 nitrogen and oxygen atoms in total. The second-order valence-electron chi connectivity index (χ2n) is 10.3. The second kappa shape index (κ2) is 14.1. The summed E-state index contributed by atoms with van der Waals surface area (Å²) in [5.74, 6) is -1.21. The molecule has 0 unspecified atom stereocenters. The van der Waals surface area contributed by atoms with Crippen molar-refractivity contribution in [2.75, 3.05) is 17.1 Å². The zero-order chi connectivity index (χ0) is 29.3. The molecule has 214 valence electrons. The Kier molecular flexibility index (Phi) is 10.8. The van der Waals surface area contributed by atoms with Crippen LogP contribution in [0.3, 0.4) is 0 Å². The van der Waals surface area contributed by atoms with Gasteiger partial charge in [0.15, 0.2) is 0 Å². The van der Waals surface area contributed by atoms with E-state index in [1.54, 1.807) is 11.0 Å². The first-order valence-electron chi connectivity index (χ1n) is 13.4. The SMILES string of the molecule is Cc1cccc(CN(C(=O)CCCN(c2ccccc2F)S(C)(=O)=O)[C@H](Cc2ccccc2)C(=O)NC(C)C)c1. The van der Waals surface area contributed by atoms with Crippen LogP contribution in [0.4, 0.5) is 10.1 Å². The molecule has 0 bridgehead atoms. The number of sulfonamides is 1. The minimum atomic E-state index is -3.79. The van der Waals surface area contributed by atoms with Crippen LogP contribution in [0.2, 0.25) is 0 Å². The van der Waals surface area contributed by atoms with Crippen LogP contribution in [0.25, 0.3) is 0 Å². The number of para-hydroxylation sites is 1. The molecule has 9 heteroatoms. The van der Waals surface area contributed by atoms with E-state index in [0.29, 0.717) is 6.42 Å². The van der Waals surface area contributed by atoms with E-state index in [2.05, 4.69) is 5.32 Å². The lowest BCUT2D eigenvalue weighted by molar-refractivity contribution is -0.141. The third-order valence-corrected chi connectivity index (χ3v) is 7.59. The summed E-state index contributed by atoms with van der Waals surface area (Å²) in [6.07, 6.45) is 1.46. The van der Waals surface area contributed by atoms with Crippen molar-refractivity contribution in [1.82, 2.24) is 10.2 Å². The topological polar surface area (TPSA) is 86.8 Å². The summed E-state index contributed by atoms with van der Waals surface area (Å²) >= 11 is 0. The third kappa shape index (κ3) is 8.91. The molecule has 0 fully saturated rings. The Hall–Kier alpha value is -3.72. The van der Waals surface area contributed by atoms with Crippen molar-refractivity contribution < 1.29 is 22.4 Å². The fraction of sp³-hybridized carbons (Fsp3) is 0.355. The van der Waals surface area contributed by atoms with Gasteiger partial charge in [-0.15, -0.1) is 0 Å². The lowest BCUT2D eigenvalue weighted by Crippen LogP contribution is -2.51. The van der Waals surface area contributed by atoms with Crippen molar-refractivity contribution in [3.63, 3.8) is 0 Å². The van der Waals surface area contributed by atoms with Crippen LogP contribution in [-0.4, -0.2) is 50.0 Å². The number of halogens is 1. The van der Waals surface area contributed by atoms with Gasteiger partial charge in [-0.2, -0.15) is 0 Å². The van der Waals surface area contributed by atoms with Crippen LogP contribution in [-0.2, 0) is 32.6 Å². The van der Waals surface area contributed by atoms with Crippen LogP contribution in [0.5, 0.6) is 0 Å². The molecule has 0 aliphatic rings. The maximum absolute atomic E-state index is 14.4. The highest BCUT2D eigenvalue weighted by atomic mass is 32.2. The molecule has 0 saturated carbocycles. The van der Waals surface area contributed by atoms with Crippen molar-refractivity contribution in [2.45, 2.75) is 58.7 Å². The number of anilines is 1. The highest BCUT2D eigenvalue weighted by Crippen LogP contribution is 2.23. The van der Waals surface area contributed by atoms with Crippen LogP contribution in [0, 0.1) is 12.7 Å². The minimum Gasteiger partial charge on any atom is -0.352 e. The van der Waals surface area contributed by atoms with Crippen molar-refractivity contribution in [3.05, 3.63) is 101 Å². The molecule has 1 N–H and O–H groups in total. The Morgan fingerprint density at radius 2 is 1.57 bits per heavy atom. The Morgan fingerprint density at radius 1 is 0.925 bits per heavy atom. The molecule has 0 spiro atoms. The number of amides is 2. The quantitative estimate of drug-likeness (QED) is 0.320. The maximum Gasteiger partial charge on any atom is 0.243 e. The maximum atomic E-state index is 14.4. The zero-order valence-corrected chi connectivity index (χ0v) is 24.3. The van der Waals surface area contributed by atoms with E-state index in [-0.39, 0.29) is 49.5 Å². The molecule has 0 aromatic heterocycles. The summed E-state index contributed by atoms with van der Waals surface area (Å²) in [6.45, 7) is 5.84. The van der Waals surface area contributed by atoms with E-state index in [1.807, 2.05) is 75.4 Å². The van der Waals surface area contributed by atoms with Gasteiger partial charge in [-0.05, 0) is 50.5 Å². The van der Waals surface area contributed by atoms with E-state index in [1.165, 1.54) is 18.2 Å².